The Hall–Kier alpha value is -2.55. The Bertz CT molecular complexity index is 964. The van der Waals surface area contributed by atoms with Crippen molar-refractivity contribution < 1.29 is 9.52 Å². The quantitative estimate of drug-likeness (QED) is 0.535. The van der Waals surface area contributed by atoms with Crippen molar-refractivity contribution in [2.24, 2.45) is 0 Å². The number of hydrogen-bond acceptors (Lipinski definition) is 5. The molecule has 0 saturated heterocycles. The summed E-state index contributed by atoms with van der Waals surface area (Å²) in [7, 11) is 0. The molecule has 0 spiro atoms. The second kappa shape index (κ2) is 9.59. The lowest BCUT2D eigenvalue weighted by atomic mass is 10.0. The van der Waals surface area contributed by atoms with Crippen molar-refractivity contribution in [3.8, 4) is 23.2 Å². The number of aromatic nitrogens is 1. The third kappa shape index (κ3) is 4.64. The van der Waals surface area contributed by atoms with Crippen LogP contribution >= 0.6 is 11.3 Å². The van der Waals surface area contributed by atoms with Gasteiger partial charge in [0.05, 0.1) is 12.8 Å². The molecule has 0 bridgehead atoms. The molecule has 3 aromatic rings. The maximum absolute atomic E-state index is 9.91. The minimum absolute atomic E-state index is 0.0516. The summed E-state index contributed by atoms with van der Waals surface area (Å²) in [5.74, 6) is 6.81. The minimum Gasteiger partial charge on any atom is -0.444 e. The highest BCUT2D eigenvalue weighted by molar-refractivity contribution is 7.12. The van der Waals surface area contributed by atoms with Crippen molar-refractivity contribution in [1.29, 1.82) is 0 Å². The highest BCUT2D eigenvalue weighted by Crippen LogP contribution is 2.30. The van der Waals surface area contributed by atoms with E-state index in [-0.39, 0.29) is 6.61 Å². The van der Waals surface area contributed by atoms with E-state index in [0.29, 0.717) is 5.76 Å². The summed E-state index contributed by atoms with van der Waals surface area (Å²) in [5.41, 5.74) is 4.14. The van der Waals surface area contributed by atoms with Gasteiger partial charge in [-0.05, 0) is 55.7 Å². The van der Waals surface area contributed by atoms with Gasteiger partial charge in [-0.1, -0.05) is 6.92 Å². The molecule has 0 saturated carbocycles. The van der Waals surface area contributed by atoms with E-state index in [1.807, 2.05) is 30.4 Å². The predicted molar refractivity (Wildman–Crippen MR) is 115 cm³/mol. The van der Waals surface area contributed by atoms with Gasteiger partial charge in [-0.25, -0.2) is 4.98 Å². The van der Waals surface area contributed by atoms with E-state index in [1.54, 1.807) is 6.20 Å². The number of aliphatic hydroxyl groups is 1. The lowest BCUT2D eigenvalue weighted by Gasteiger charge is -2.25. The Morgan fingerprint density at radius 3 is 2.75 bits per heavy atom. The Kier molecular flexibility index (Phi) is 6.91. The first kappa shape index (κ1) is 20.2. The van der Waals surface area contributed by atoms with Crippen molar-refractivity contribution in [3.05, 3.63) is 57.7 Å². The summed E-state index contributed by atoms with van der Waals surface area (Å²) in [5, 5.41) is 9.91. The molecule has 4 nitrogen and oxygen atoms in total. The fraction of sp³-hybridized carbons (Fsp3) is 0.348. The van der Waals surface area contributed by atoms with Gasteiger partial charge in [0.15, 0.2) is 12.2 Å². The molecule has 3 rings (SSSR count). The van der Waals surface area contributed by atoms with Gasteiger partial charge in [-0.3, -0.25) is 0 Å². The molecule has 0 aliphatic carbocycles. The van der Waals surface area contributed by atoms with Crippen LogP contribution in [0.1, 0.15) is 41.1 Å². The van der Waals surface area contributed by atoms with Crippen LogP contribution in [-0.4, -0.2) is 16.6 Å². The summed E-state index contributed by atoms with van der Waals surface area (Å²) >= 11 is 1.87. The molecule has 0 atom stereocenters. The van der Waals surface area contributed by atoms with Gasteiger partial charge < -0.3 is 14.4 Å². The average Bonchev–Trinajstić information content (AvgIpc) is 3.37. The van der Waals surface area contributed by atoms with Crippen LogP contribution in [0, 0.1) is 18.8 Å². The van der Waals surface area contributed by atoms with Crippen LogP contribution in [0.4, 0.5) is 5.69 Å². The molecule has 1 aromatic carbocycles. The van der Waals surface area contributed by atoms with Crippen molar-refractivity contribution in [2.45, 2.75) is 46.8 Å². The van der Waals surface area contributed by atoms with Crippen molar-refractivity contribution in [1.82, 2.24) is 4.98 Å². The summed E-state index contributed by atoms with van der Waals surface area (Å²) < 4.78 is 5.42. The van der Waals surface area contributed by atoms with Crippen LogP contribution in [0.15, 0.2) is 41.3 Å². The molecule has 0 aliphatic heterocycles. The van der Waals surface area contributed by atoms with Crippen molar-refractivity contribution >= 4 is 17.0 Å². The first-order valence-corrected chi connectivity index (χ1v) is 10.3. The molecule has 0 amide bonds. The fourth-order valence-corrected chi connectivity index (χ4v) is 4.23. The van der Waals surface area contributed by atoms with Gasteiger partial charge in [0.1, 0.15) is 0 Å². The second-order valence-corrected chi connectivity index (χ2v) is 7.95. The van der Waals surface area contributed by atoms with Crippen LogP contribution in [0.5, 0.6) is 0 Å². The number of anilines is 1. The van der Waals surface area contributed by atoms with E-state index < -0.39 is 0 Å². The number of rotatable bonds is 8. The SMILES string of the molecule is CC#CCCN(Cc1cc(CC)sc1C)c1ccc(-c2cnco2)c(CO)c1. The molecular weight excluding hydrogens is 368 g/mol. The molecule has 0 fully saturated rings. The van der Waals surface area contributed by atoms with Gasteiger partial charge in [0.25, 0.3) is 0 Å². The predicted octanol–water partition coefficient (Wildman–Crippen LogP) is 5.19. The molecule has 1 N–H and O–H groups in total. The van der Waals surface area contributed by atoms with Crippen LogP contribution < -0.4 is 4.90 Å². The zero-order chi connectivity index (χ0) is 19.9. The standard InChI is InChI=1S/C23H26N2O2S/c1-4-6-7-10-25(14-18-12-21(5-2)28-17(18)3)20-8-9-22(19(11-20)15-26)23-13-24-16-27-23/h8-9,11-13,16,26H,5,7,10,14-15H2,1-3H3. The number of oxazole rings is 1. The molecule has 2 aromatic heterocycles. The molecule has 2 heterocycles. The van der Waals surface area contributed by atoms with Crippen LogP contribution in [0.25, 0.3) is 11.3 Å². The number of thiophene rings is 1. The van der Waals surface area contributed by atoms with E-state index >= 15 is 0 Å². The number of hydrogen-bond donors (Lipinski definition) is 1. The molecule has 5 heteroatoms. The number of benzene rings is 1. The van der Waals surface area contributed by atoms with E-state index in [2.05, 4.69) is 47.7 Å². The normalized spacial score (nSPS) is 10.6. The first-order chi connectivity index (χ1) is 13.7. The molecule has 0 aliphatic rings. The monoisotopic (exact) mass is 394 g/mol. The Balaban J connectivity index is 1.92. The first-order valence-electron chi connectivity index (χ1n) is 9.51. The van der Waals surface area contributed by atoms with E-state index in [4.69, 9.17) is 4.42 Å². The number of aryl methyl sites for hydroxylation is 2. The van der Waals surface area contributed by atoms with Gasteiger partial charge in [-0.15, -0.1) is 23.2 Å². The lowest BCUT2D eigenvalue weighted by molar-refractivity contribution is 0.282. The Labute approximate surface area is 170 Å². The third-order valence-electron chi connectivity index (χ3n) is 4.79. The summed E-state index contributed by atoms with van der Waals surface area (Å²) in [6.45, 7) is 7.87. The second-order valence-electron chi connectivity index (χ2n) is 6.61. The van der Waals surface area contributed by atoms with E-state index in [1.165, 1.54) is 21.7 Å². The third-order valence-corrected chi connectivity index (χ3v) is 6.02. The van der Waals surface area contributed by atoms with Crippen LogP contribution in [0.2, 0.25) is 0 Å². The summed E-state index contributed by atoms with van der Waals surface area (Å²) in [6, 6.07) is 8.44. The Morgan fingerprint density at radius 2 is 2.11 bits per heavy atom. The maximum Gasteiger partial charge on any atom is 0.181 e. The largest absolute Gasteiger partial charge is 0.444 e. The number of nitrogens with zero attached hydrogens (tertiary/aromatic N) is 2. The van der Waals surface area contributed by atoms with Crippen LogP contribution in [0.3, 0.4) is 0 Å². The fourth-order valence-electron chi connectivity index (χ4n) is 3.24. The summed E-state index contributed by atoms with van der Waals surface area (Å²) in [6.07, 6.45) is 4.94. The maximum atomic E-state index is 9.91. The van der Waals surface area contributed by atoms with E-state index in [0.717, 1.165) is 42.7 Å². The van der Waals surface area contributed by atoms with Gasteiger partial charge in [-0.2, -0.15) is 0 Å². The highest BCUT2D eigenvalue weighted by atomic mass is 32.1. The molecule has 0 unspecified atom stereocenters. The molecule has 0 radical (unpaired) electrons. The van der Waals surface area contributed by atoms with Gasteiger partial charge in [0.2, 0.25) is 0 Å². The van der Waals surface area contributed by atoms with Gasteiger partial charge in [0, 0.05) is 40.5 Å². The molecule has 146 valence electrons. The topological polar surface area (TPSA) is 49.5 Å². The highest BCUT2D eigenvalue weighted by Gasteiger charge is 2.15. The molecule has 28 heavy (non-hydrogen) atoms. The molecular formula is C23H26N2O2S. The van der Waals surface area contributed by atoms with E-state index in [9.17, 15) is 5.11 Å². The van der Waals surface area contributed by atoms with Crippen molar-refractivity contribution in [3.63, 3.8) is 0 Å². The zero-order valence-corrected chi connectivity index (χ0v) is 17.5. The smallest absolute Gasteiger partial charge is 0.181 e. The Morgan fingerprint density at radius 1 is 1.25 bits per heavy atom. The lowest BCUT2D eigenvalue weighted by Crippen LogP contribution is -2.24. The summed E-state index contributed by atoms with van der Waals surface area (Å²) in [4.78, 5) is 9.10. The number of aliphatic hydroxyl groups excluding tert-OH is 1. The van der Waals surface area contributed by atoms with Crippen molar-refractivity contribution in [2.75, 3.05) is 11.4 Å². The van der Waals surface area contributed by atoms with Gasteiger partial charge >= 0.3 is 0 Å². The zero-order valence-electron chi connectivity index (χ0n) is 16.7. The van der Waals surface area contributed by atoms with Crippen LogP contribution in [-0.2, 0) is 19.6 Å². The average molecular weight is 395 g/mol. The minimum atomic E-state index is -0.0516.